The van der Waals surface area contributed by atoms with Gasteiger partial charge in [-0.1, -0.05) is 0 Å². The van der Waals surface area contributed by atoms with Gasteiger partial charge < -0.3 is 10.2 Å². The number of rotatable bonds is 1. The minimum absolute atomic E-state index is 0.218. The lowest BCUT2D eigenvalue weighted by Crippen LogP contribution is -1.98. The maximum atomic E-state index is 10.3. The molecule has 1 aromatic rings. The van der Waals surface area contributed by atoms with Crippen molar-refractivity contribution in [1.82, 2.24) is 4.57 Å². The number of aromatic nitrogens is 1. The molecule has 2 N–H and O–H groups in total. The first-order valence-corrected chi connectivity index (χ1v) is 3.29. The van der Waals surface area contributed by atoms with Gasteiger partial charge in [-0.3, -0.25) is 14.7 Å². The van der Waals surface area contributed by atoms with Gasteiger partial charge in [0.25, 0.3) is 6.04 Å². The SMILES string of the molecule is Cn1c(O)c2c(c1O)C2[N+](=O)[O-]. The largest absolute Gasteiger partial charge is 0.494 e. The first-order valence-electron chi connectivity index (χ1n) is 3.29. The second-order valence-electron chi connectivity index (χ2n) is 2.72. The summed E-state index contributed by atoms with van der Waals surface area (Å²) in [6.45, 7) is 0. The van der Waals surface area contributed by atoms with Crippen LogP contribution in [0.2, 0.25) is 0 Å². The van der Waals surface area contributed by atoms with Crippen LogP contribution in [0.25, 0.3) is 0 Å². The standard InChI is InChI=1S/C6H6N2O4/c1-7-5(9)2-3(6(7)10)4(2)8(11)12/h4,9-10H,1H3. The maximum absolute atomic E-state index is 10.3. The Hall–Kier alpha value is -1.72. The number of hydrogen-bond donors (Lipinski definition) is 2. The van der Waals surface area contributed by atoms with E-state index in [1.165, 1.54) is 7.05 Å². The van der Waals surface area contributed by atoms with Crippen molar-refractivity contribution in [2.75, 3.05) is 0 Å². The molecule has 1 heterocycles. The van der Waals surface area contributed by atoms with Crippen molar-refractivity contribution < 1.29 is 15.1 Å². The van der Waals surface area contributed by atoms with E-state index in [-0.39, 0.29) is 22.9 Å². The van der Waals surface area contributed by atoms with E-state index in [0.29, 0.717) is 0 Å². The summed E-state index contributed by atoms with van der Waals surface area (Å²) in [6, 6.07) is -0.985. The Bertz CT molecular complexity index is 354. The van der Waals surface area contributed by atoms with Crippen LogP contribution in [0.1, 0.15) is 17.2 Å². The molecule has 2 rings (SSSR count). The molecule has 0 bridgehead atoms. The molecule has 0 spiro atoms. The van der Waals surface area contributed by atoms with E-state index in [0.717, 1.165) is 4.57 Å². The number of nitro groups is 1. The molecule has 1 aliphatic carbocycles. The Morgan fingerprint density at radius 1 is 1.42 bits per heavy atom. The highest BCUT2D eigenvalue weighted by molar-refractivity contribution is 5.63. The molecular weight excluding hydrogens is 164 g/mol. The van der Waals surface area contributed by atoms with Crippen molar-refractivity contribution in [3.8, 4) is 11.8 Å². The third-order valence-corrected chi connectivity index (χ3v) is 2.08. The van der Waals surface area contributed by atoms with E-state index >= 15 is 0 Å². The summed E-state index contributed by atoms with van der Waals surface area (Å²) < 4.78 is 1.12. The minimum Gasteiger partial charge on any atom is -0.494 e. The molecule has 6 nitrogen and oxygen atoms in total. The molecule has 12 heavy (non-hydrogen) atoms. The van der Waals surface area contributed by atoms with Crippen LogP contribution in [0.15, 0.2) is 0 Å². The lowest BCUT2D eigenvalue weighted by Gasteiger charge is -2.00. The molecular formula is C6H6N2O4. The zero-order valence-electron chi connectivity index (χ0n) is 6.18. The van der Waals surface area contributed by atoms with Crippen LogP contribution in [0.3, 0.4) is 0 Å². The van der Waals surface area contributed by atoms with Gasteiger partial charge in [0.1, 0.15) is 11.1 Å². The van der Waals surface area contributed by atoms with Gasteiger partial charge in [0, 0.05) is 12.0 Å². The predicted octanol–water partition coefficient (Wildman–Crippen LogP) is 0.116. The lowest BCUT2D eigenvalue weighted by molar-refractivity contribution is -0.504. The summed E-state index contributed by atoms with van der Waals surface area (Å²) in [5, 5.41) is 28.7. The van der Waals surface area contributed by atoms with Crippen molar-refractivity contribution >= 4 is 0 Å². The van der Waals surface area contributed by atoms with Crippen LogP contribution < -0.4 is 0 Å². The summed E-state index contributed by atoms with van der Waals surface area (Å²) in [7, 11) is 1.44. The molecule has 0 amide bonds. The van der Waals surface area contributed by atoms with E-state index in [1.807, 2.05) is 0 Å². The first-order chi connectivity index (χ1) is 5.55. The quantitative estimate of drug-likeness (QED) is 0.462. The van der Waals surface area contributed by atoms with Crippen LogP contribution in [0, 0.1) is 10.1 Å². The second-order valence-corrected chi connectivity index (χ2v) is 2.72. The van der Waals surface area contributed by atoms with Crippen molar-refractivity contribution in [1.29, 1.82) is 0 Å². The summed E-state index contributed by atoms with van der Waals surface area (Å²) in [5.41, 5.74) is 0.472. The fourth-order valence-corrected chi connectivity index (χ4v) is 1.37. The van der Waals surface area contributed by atoms with Crippen LogP contribution in [0.5, 0.6) is 11.8 Å². The third-order valence-electron chi connectivity index (χ3n) is 2.08. The molecule has 6 heteroatoms. The number of nitrogens with zero attached hydrogens (tertiary/aromatic N) is 2. The van der Waals surface area contributed by atoms with Gasteiger partial charge in [0.15, 0.2) is 0 Å². The van der Waals surface area contributed by atoms with Crippen molar-refractivity contribution in [3.05, 3.63) is 21.2 Å². The number of hydrogen-bond acceptors (Lipinski definition) is 4. The lowest BCUT2D eigenvalue weighted by atomic mass is 10.5. The van der Waals surface area contributed by atoms with Gasteiger partial charge in [-0.05, 0) is 0 Å². The number of fused-ring (bicyclic) bond motifs is 1. The smallest absolute Gasteiger partial charge is 0.274 e. The zero-order chi connectivity index (χ0) is 9.04. The highest BCUT2D eigenvalue weighted by Gasteiger charge is 2.53. The molecule has 0 aliphatic heterocycles. The normalized spacial score (nSPS) is 14.4. The van der Waals surface area contributed by atoms with E-state index in [4.69, 9.17) is 0 Å². The van der Waals surface area contributed by atoms with E-state index < -0.39 is 11.0 Å². The Labute approximate surface area is 66.8 Å². The van der Waals surface area contributed by atoms with E-state index in [2.05, 4.69) is 0 Å². The van der Waals surface area contributed by atoms with Gasteiger partial charge in [-0.15, -0.1) is 0 Å². The Morgan fingerprint density at radius 3 is 2.17 bits per heavy atom. The van der Waals surface area contributed by atoms with Gasteiger partial charge in [-0.2, -0.15) is 0 Å². The summed E-state index contributed by atoms with van der Waals surface area (Å²) in [4.78, 5) is 9.73. The van der Waals surface area contributed by atoms with Crippen molar-refractivity contribution in [3.63, 3.8) is 0 Å². The summed E-state index contributed by atoms with van der Waals surface area (Å²) >= 11 is 0. The van der Waals surface area contributed by atoms with Crippen LogP contribution in [-0.4, -0.2) is 19.7 Å². The average molecular weight is 170 g/mol. The third kappa shape index (κ3) is 0.549. The second kappa shape index (κ2) is 1.71. The fraction of sp³-hybridized carbons (Fsp3) is 0.333. The Balaban J connectivity index is 2.51. The molecule has 0 aromatic carbocycles. The minimum atomic E-state index is -0.985. The number of aromatic hydroxyl groups is 2. The Morgan fingerprint density at radius 2 is 1.83 bits per heavy atom. The Kier molecular flexibility index (Phi) is 0.992. The molecule has 0 radical (unpaired) electrons. The topological polar surface area (TPSA) is 88.5 Å². The van der Waals surface area contributed by atoms with Crippen LogP contribution in [0.4, 0.5) is 0 Å². The van der Waals surface area contributed by atoms with Crippen molar-refractivity contribution in [2.45, 2.75) is 6.04 Å². The zero-order valence-corrected chi connectivity index (χ0v) is 6.18. The molecule has 0 atom stereocenters. The van der Waals surface area contributed by atoms with Crippen molar-refractivity contribution in [2.24, 2.45) is 7.05 Å². The van der Waals surface area contributed by atoms with Gasteiger partial charge in [-0.25, -0.2) is 0 Å². The molecule has 0 unspecified atom stereocenters. The average Bonchev–Trinajstić information content (AvgIpc) is 2.69. The molecule has 64 valence electrons. The monoisotopic (exact) mass is 170 g/mol. The van der Waals surface area contributed by atoms with Crippen LogP contribution in [-0.2, 0) is 7.05 Å². The summed E-state index contributed by atoms with van der Waals surface area (Å²) in [5.74, 6) is -0.437. The van der Waals surface area contributed by atoms with Gasteiger partial charge in [0.2, 0.25) is 11.8 Å². The maximum Gasteiger partial charge on any atom is 0.274 e. The fourth-order valence-electron chi connectivity index (χ4n) is 1.37. The highest BCUT2D eigenvalue weighted by Crippen LogP contribution is 2.55. The molecule has 0 fully saturated rings. The van der Waals surface area contributed by atoms with Gasteiger partial charge >= 0.3 is 0 Å². The molecule has 0 saturated carbocycles. The first kappa shape index (κ1) is 6.96. The molecule has 0 saturated heterocycles. The predicted molar refractivity (Wildman–Crippen MR) is 37.6 cm³/mol. The van der Waals surface area contributed by atoms with E-state index in [1.54, 1.807) is 0 Å². The van der Waals surface area contributed by atoms with E-state index in [9.17, 15) is 20.3 Å². The molecule has 1 aliphatic rings. The summed E-state index contributed by atoms with van der Waals surface area (Å²) in [6.07, 6.45) is 0. The van der Waals surface area contributed by atoms with Crippen LogP contribution >= 0.6 is 0 Å². The molecule has 1 aromatic heterocycles. The highest BCUT2D eigenvalue weighted by atomic mass is 16.6. The van der Waals surface area contributed by atoms with Gasteiger partial charge in [0.05, 0.1) is 0 Å².